The molecule has 4 heavy (non-hydrogen) atoms. The van der Waals surface area contributed by atoms with Crippen molar-refractivity contribution in [2.45, 2.75) is 0 Å². The van der Waals surface area contributed by atoms with Crippen LogP contribution in [0.3, 0.4) is 0 Å². The predicted molar refractivity (Wildman–Crippen MR) is 19.7 cm³/mol. The highest BCUT2D eigenvalue weighted by Crippen LogP contribution is 1.80. The highest BCUT2D eigenvalue weighted by atomic mass is 79.9. The van der Waals surface area contributed by atoms with Gasteiger partial charge in [0.1, 0.15) is 0 Å². The van der Waals surface area contributed by atoms with Crippen LogP contribution in [0.25, 0.3) is 0 Å². The number of rotatable bonds is 1. The van der Waals surface area contributed by atoms with Crippen LogP contribution < -0.4 is 4.11 Å². The molecular formula is HBrNOP. The molecule has 0 aliphatic rings. The maximum Gasteiger partial charge on any atom is 0.256 e. The molecule has 0 aromatic heterocycles. The van der Waals surface area contributed by atoms with Crippen molar-refractivity contribution >= 4 is 24.8 Å². The zero-order valence-corrected chi connectivity index (χ0v) is 4.21. The molecule has 0 atom stereocenters. The van der Waals surface area contributed by atoms with Crippen LogP contribution in [0.2, 0.25) is 0 Å². The van der Waals surface area contributed by atoms with E-state index in [0.717, 1.165) is 0 Å². The lowest BCUT2D eigenvalue weighted by atomic mass is 13.9. The molecule has 0 saturated carbocycles. The van der Waals surface area contributed by atoms with E-state index in [2.05, 4.69) is 20.3 Å². The average molecular weight is 142 g/mol. The maximum absolute atomic E-state index is 9.11. The zero-order chi connectivity index (χ0) is 3.41. The summed E-state index contributed by atoms with van der Waals surface area (Å²) < 4.78 is 11.3. The largest absolute Gasteiger partial charge is 0.256 e. The lowest BCUT2D eigenvalue weighted by molar-refractivity contribution is 0.598. The molecule has 4 heteroatoms. The summed E-state index contributed by atoms with van der Waals surface area (Å²) in [6.45, 7) is 0. The van der Waals surface area contributed by atoms with E-state index < -0.39 is 0 Å². The summed E-state index contributed by atoms with van der Waals surface area (Å²) in [5, 5.41) is 0. The van der Waals surface area contributed by atoms with Gasteiger partial charge in [0.2, 0.25) is 0 Å². The molecule has 24 valence electrons. The number of nitrogens with one attached hydrogen (secondary N) is 1. The molecule has 0 amide bonds. The summed E-state index contributed by atoms with van der Waals surface area (Å²) in [6, 6.07) is 0. The van der Waals surface area contributed by atoms with Crippen molar-refractivity contribution < 1.29 is 4.57 Å². The van der Waals surface area contributed by atoms with Gasteiger partial charge < -0.3 is 0 Å². The molecule has 0 aliphatic heterocycles. The first-order chi connectivity index (χ1) is 1.91. The molecule has 0 radical (unpaired) electrons. The first-order valence-corrected chi connectivity index (χ1v) is 2.20. The van der Waals surface area contributed by atoms with Crippen LogP contribution in [0, 0.1) is 0 Å². The Morgan fingerprint density at radius 2 is 2.25 bits per heavy atom. The Bertz CT molecular complexity index is 22.0. The smallest absolute Gasteiger partial charge is 0.255 e. The second-order valence-electron chi connectivity index (χ2n) is 0.176. The molecule has 1 N–H and O–H groups in total. The second kappa shape index (κ2) is 3.54. The van der Waals surface area contributed by atoms with Gasteiger partial charge in [-0.2, -0.15) is 4.11 Å². The predicted octanol–water partition coefficient (Wildman–Crippen LogP) is 1.09. The van der Waals surface area contributed by atoms with Gasteiger partial charge in [-0.15, -0.1) is 0 Å². The number of halogens is 1. The van der Waals surface area contributed by atoms with Gasteiger partial charge in [0.05, 0.1) is 0 Å². The van der Waals surface area contributed by atoms with Crippen molar-refractivity contribution in [2.24, 2.45) is 0 Å². The summed E-state index contributed by atoms with van der Waals surface area (Å²) >= 11 is 2.67. The number of hydrogen-bond acceptors (Lipinski definition) is 1. The maximum atomic E-state index is 9.11. The topological polar surface area (TPSA) is 29.1 Å². The van der Waals surface area contributed by atoms with E-state index in [9.17, 15) is 0 Å². The first-order valence-electron chi connectivity index (χ1n) is 0.595. The molecule has 0 aromatic rings. The Morgan fingerprint density at radius 1 is 2.00 bits per heavy atom. The van der Waals surface area contributed by atoms with E-state index in [-0.39, 0.29) is 8.61 Å². The minimum atomic E-state index is -0.0849. The Balaban J connectivity index is 2.30. The third-order valence-corrected chi connectivity index (χ3v) is 0.538. The molecule has 0 spiro atoms. The van der Waals surface area contributed by atoms with Crippen LogP contribution in [0.15, 0.2) is 0 Å². The van der Waals surface area contributed by atoms with Crippen molar-refractivity contribution in [1.82, 2.24) is 4.11 Å². The fraction of sp³-hybridized carbons (Fsp3) is 0. The van der Waals surface area contributed by atoms with Crippen LogP contribution >= 0.6 is 24.8 Å². The molecular weight excluding hydrogens is 141 g/mol. The normalized spacial score (nSPS) is 8.25. The van der Waals surface area contributed by atoms with Crippen LogP contribution in [0.4, 0.5) is 0 Å². The van der Waals surface area contributed by atoms with Crippen molar-refractivity contribution in [2.75, 3.05) is 0 Å². The van der Waals surface area contributed by atoms with Gasteiger partial charge >= 0.3 is 0 Å². The Kier molecular flexibility index (Phi) is 4.02. The monoisotopic (exact) mass is 141 g/mol. The van der Waals surface area contributed by atoms with Crippen LogP contribution in [0.5, 0.6) is 0 Å². The van der Waals surface area contributed by atoms with Gasteiger partial charge in [-0.1, -0.05) is 0 Å². The van der Waals surface area contributed by atoms with Crippen LogP contribution in [-0.2, 0) is 4.57 Å². The summed E-state index contributed by atoms with van der Waals surface area (Å²) in [6.07, 6.45) is 0. The Morgan fingerprint density at radius 3 is 2.25 bits per heavy atom. The van der Waals surface area contributed by atoms with Crippen molar-refractivity contribution in [3.63, 3.8) is 0 Å². The van der Waals surface area contributed by atoms with Gasteiger partial charge in [0, 0.05) is 16.1 Å². The van der Waals surface area contributed by atoms with Gasteiger partial charge in [-0.05, 0) is 0 Å². The molecule has 0 saturated heterocycles. The van der Waals surface area contributed by atoms with E-state index in [4.69, 9.17) is 4.57 Å². The van der Waals surface area contributed by atoms with E-state index >= 15 is 0 Å². The van der Waals surface area contributed by atoms with E-state index in [1.165, 1.54) is 0 Å². The molecule has 0 rings (SSSR count). The van der Waals surface area contributed by atoms with E-state index in [1.807, 2.05) is 0 Å². The molecule has 0 aliphatic carbocycles. The highest BCUT2D eigenvalue weighted by molar-refractivity contribution is 9.08. The lowest BCUT2D eigenvalue weighted by Gasteiger charge is -1.53. The second-order valence-corrected chi connectivity index (χ2v) is 1.59. The summed E-state index contributed by atoms with van der Waals surface area (Å²) in [5.41, 5.74) is 0. The molecule has 0 fully saturated rings. The SMILES string of the molecule is O=PNBr. The first kappa shape index (κ1) is 4.54. The van der Waals surface area contributed by atoms with Crippen molar-refractivity contribution in [3.8, 4) is 0 Å². The highest BCUT2D eigenvalue weighted by Gasteiger charge is 1.52. The third kappa shape index (κ3) is 2.54. The summed E-state index contributed by atoms with van der Waals surface area (Å²) in [7, 11) is -0.0849. The summed E-state index contributed by atoms with van der Waals surface area (Å²) in [4.78, 5) is 0. The van der Waals surface area contributed by atoms with Crippen molar-refractivity contribution in [3.05, 3.63) is 0 Å². The lowest BCUT2D eigenvalue weighted by Crippen LogP contribution is -1.59. The summed E-state index contributed by atoms with van der Waals surface area (Å²) in [5.74, 6) is 0. The van der Waals surface area contributed by atoms with Gasteiger partial charge in [0.25, 0.3) is 8.61 Å². The molecule has 2 nitrogen and oxygen atoms in total. The molecule has 0 bridgehead atoms. The molecule has 0 aromatic carbocycles. The van der Waals surface area contributed by atoms with Gasteiger partial charge in [-0.3, -0.25) is 4.57 Å². The average Bonchev–Trinajstić information content (AvgIpc) is 1.37. The quantitative estimate of drug-likeness (QED) is 0.438. The fourth-order valence-electron chi connectivity index (χ4n) is 0. The fourth-order valence-corrected chi connectivity index (χ4v) is 0. The van der Waals surface area contributed by atoms with Crippen molar-refractivity contribution in [1.29, 1.82) is 0 Å². The molecule has 0 unspecified atom stereocenters. The van der Waals surface area contributed by atoms with Gasteiger partial charge in [0.15, 0.2) is 0 Å². The minimum Gasteiger partial charge on any atom is -0.255 e. The van der Waals surface area contributed by atoms with E-state index in [1.54, 1.807) is 0 Å². The molecule has 0 heterocycles. The minimum absolute atomic E-state index is 0.0849. The Labute approximate surface area is 34.2 Å². The third-order valence-electron chi connectivity index (χ3n) is 0.0345. The number of hydrogen-bond donors (Lipinski definition) is 1. The Hall–Kier alpha value is 0.540. The van der Waals surface area contributed by atoms with Crippen LogP contribution in [0.1, 0.15) is 0 Å². The van der Waals surface area contributed by atoms with Gasteiger partial charge in [-0.25, -0.2) is 0 Å². The standard InChI is InChI=1S/BrHNOP/c1-2-4-3/h(H,2,3). The van der Waals surface area contributed by atoms with E-state index in [0.29, 0.717) is 0 Å². The zero-order valence-electron chi connectivity index (χ0n) is 1.73. The van der Waals surface area contributed by atoms with Crippen LogP contribution in [-0.4, -0.2) is 0 Å².